The van der Waals surface area contributed by atoms with E-state index in [0.717, 1.165) is 17.4 Å². The van der Waals surface area contributed by atoms with Gasteiger partial charge in [0.05, 0.1) is 10.5 Å². The van der Waals surface area contributed by atoms with Crippen molar-refractivity contribution in [2.24, 2.45) is 0 Å². The van der Waals surface area contributed by atoms with Crippen LogP contribution in [0.2, 0.25) is 0 Å². The predicted octanol–water partition coefficient (Wildman–Crippen LogP) is 3.89. The molecule has 2 aromatic carbocycles. The average Bonchev–Trinajstić information content (AvgIpc) is 3.18. The van der Waals surface area contributed by atoms with Gasteiger partial charge in [0.25, 0.3) is 15.9 Å². The molecule has 6 nitrogen and oxygen atoms in total. The summed E-state index contributed by atoms with van der Waals surface area (Å²) in [6, 6.07) is 11.0. The monoisotopic (exact) mass is 441 g/mol. The van der Waals surface area contributed by atoms with E-state index in [0.29, 0.717) is 11.6 Å². The molecule has 1 amide bonds. The highest BCUT2D eigenvalue weighted by Gasteiger charge is 2.37. The topological polar surface area (TPSA) is 88.2 Å². The van der Waals surface area contributed by atoms with Crippen LogP contribution in [0.1, 0.15) is 21.5 Å². The van der Waals surface area contributed by atoms with Gasteiger partial charge in [0.2, 0.25) is 0 Å². The van der Waals surface area contributed by atoms with Crippen LogP contribution in [0.4, 0.5) is 18.3 Å². The maximum Gasteiger partial charge on any atom is 0.417 e. The van der Waals surface area contributed by atoms with Gasteiger partial charge in [0, 0.05) is 23.7 Å². The van der Waals surface area contributed by atoms with E-state index in [4.69, 9.17) is 0 Å². The van der Waals surface area contributed by atoms with E-state index < -0.39 is 32.6 Å². The number of hydrogen-bond acceptors (Lipinski definition) is 5. The second-order valence-corrected chi connectivity index (χ2v) is 8.37. The van der Waals surface area contributed by atoms with Crippen molar-refractivity contribution in [1.29, 1.82) is 0 Å². The Bertz CT molecular complexity index is 1100. The molecule has 0 atom stereocenters. The lowest BCUT2D eigenvalue weighted by Gasteiger charge is -2.15. The summed E-state index contributed by atoms with van der Waals surface area (Å²) in [5.74, 6) is -0.457. The van der Waals surface area contributed by atoms with Gasteiger partial charge in [-0.3, -0.25) is 9.52 Å². The van der Waals surface area contributed by atoms with Crippen molar-refractivity contribution in [3.63, 3.8) is 0 Å². The number of hydrogen-bond donors (Lipinski definition) is 2. The van der Waals surface area contributed by atoms with Crippen molar-refractivity contribution in [3.05, 3.63) is 76.8 Å². The summed E-state index contributed by atoms with van der Waals surface area (Å²) in [5, 5.41) is 3.95. The normalized spacial score (nSPS) is 11.8. The van der Waals surface area contributed by atoms with Gasteiger partial charge in [-0.05, 0) is 29.8 Å². The first-order valence-corrected chi connectivity index (χ1v) is 10.5. The molecule has 0 aliphatic heterocycles. The van der Waals surface area contributed by atoms with Gasteiger partial charge in [-0.15, -0.1) is 11.3 Å². The molecule has 0 fully saturated rings. The second kappa shape index (κ2) is 8.21. The summed E-state index contributed by atoms with van der Waals surface area (Å²) in [6.07, 6.45) is -3.59. The van der Waals surface area contributed by atoms with Gasteiger partial charge in [-0.1, -0.05) is 24.3 Å². The number of nitrogens with zero attached hydrogens (tertiary/aromatic N) is 1. The minimum absolute atomic E-state index is 0.0441. The van der Waals surface area contributed by atoms with Crippen LogP contribution in [-0.4, -0.2) is 19.3 Å². The summed E-state index contributed by atoms with van der Waals surface area (Å²) >= 11 is 0.940. The zero-order chi connectivity index (χ0) is 21.1. The Labute approximate surface area is 168 Å². The number of aromatic nitrogens is 1. The maximum absolute atomic E-state index is 13.5. The van der Waals surface area contributed by atoms with Gasteiger partial charge < -0.3 is 5.32 Å². The van der Waals surface area contributed by atoms with Crippen molar-refractivity contribution in [2.45, 2.75) is 17.6 Å². The molecular formula is C18H14F3N3O3S2. The van der Waals surface area contributed by atoms with E-state index >= 15 is 0 Å². The second-order valence-electron chi connectivity index (χ2n) is 5.82. The Kier molecular flexibility index (Phi) is 5.89. The molecule has 1 heterocycles. The van der Waals surface area contributed by atoms with Crippen LogP contribution in [0.3, 0.4) is 0 Å². The zero-order valence-corrected chi connectivity index (χ0v) is 16.2. The lowest BCUT2D eigenvalue weighted by Crippen LogP contribution is -2.24. The smallest absolute Gasteiger partial charge is 0.348 e. The van der Waals surface area contributed by atoms with Crippen LogP contribution in [0.25, 0.3) is 0 Å². The van der Waals surface area contributed by atoms with Crippen LogP contribution in [0.15, 0.2) is 65.0 Å². The number of alkyl halides is 3. The number of anilines is 1. The number of halogens is 3. The lowest BCUT2D eigenvalue weighted by atomic mass is 10.1. The van der Waals surface area contributed by atoms with E-state index in [1.165, 1.54) is 17.6 Å². The highest BCUT2D eigenvalue weighted by molar-refractivity contribution is 7.93. The first-order chi connectivity index (χ1) is 13.7. The number of nitrogens with one attached hydrogen (secondary N) is 2. The molecule has 2 N–H and O–H groups in total. The number of sulfonamides is 1. The number of carbonyl (C=O) groups is 1. The fourth-order valence-electron chi connectivity index (χ4n) is 2.46. The lowest BCUT2D eigenvalue weighted by molar-refractivity contribution is -0.139. The first kappa shape index (κ1) is 20.8. The quantitative estimate of drug-likeness (QED) is 0.608. The van der Waals surface area contributed by atoms with Gasteiger partial charge in [0.15, 0.2) is 5.13 Å². The Morgan fingerprint density at radius 3 is 2.45 bits per heavy atom. The molecule has 3 rings (SSSR count). The van der Waals surface area contributed by atoms with E-state index in [1.807, 2.05) is 4.72 Å². The molecule has 0 bridgehead atoms. The van der Waals surface area contributed by atoms with E-state index in [-0.39, 0.29) is 17.2 Å². The summed E-state index contributed by atoms with van der Waals surface area (Å²) in [5.41, 5.74) is -0.863. The van der Waals surface area contributed by atoms with Gasteiger partial charge in [-0.25, -0.2) is 13.4 Å². The number of rotatable bonds is 6. The minimum atomic E-state index is -4.91. The largest absolute Gasteiger partial charge is 0.417 e. The van der Waals surface area contributed by atoms with Crippen molar-refractivity contribution in [2.75, 3.05) is 4.72 Å². The Morgan fingerprint density at radius 1 is 1.10 bits per heavy atom. The first-order valence-electron chi connectivity index (χ1n) is 8.12. The Hall–Kier alpha value is -2.92. The third kappa shape index (κ3) is 5.12. The van der Waals surface area contributed by atoms with Crippen LogP contribution in [0.5, 0.6) is 0 Å². The van der Waals surface area contributed by atoms with Crippen molar-refractivity contribution < 1.29 is 26.4 Å². The Balaban J connectivity index is 1.85. The number of carbonyl (C=O) groups excluding carboxylic acids is 1. The minimum Gasteiger partial charge on any atom is -0.348 e. The number of amides is 1. The number of thiazole rings is 1. The van der Waals surface area contributed by atoms with Crippen molar-refractivity contribution in [1.82, 2.24) is 10.3 Å². The summed E-state index contributed by atoms with van der Waals surface area (Å²) in [7, 11) is -4.50. The standard InChI is InChI=1S/C18H14F3N3O3S2/c19-18(20,21)14-10-12(11-23-16(25)13-4-2-1-3-5-13)6-7-15(14)29(26,27)24-17-22-8-9-28-17/h1-10H,11H2,(H,22,24)(H,23,25). The fourth-order valence-corrected chi connectivity index (χ4v) is 4.46. The zero-order valence-electron chi connectivity index (χ0n) is 14.6. The third-order valence-corrected chi connectivity index (χ3v) is 6.00. The van der Waals surface area contributed by atoms with Crippen LogP contribution < -0.4 is 10.0 Å². The number of benzene rings is 2. The molecule has 0 saturated heterocycles. The molecule has 11 heteroatoms. The van der Waals surface area contributed by atoms with Crippen molar-refractivity contribution in [3.8, 4) is 0 Å². The molecule has 3 aromatic rings. The van der Waals surface area contributed by atoms with Gasteiger partial charge in [-0.2, -0.15) is 13.2 Å². The van der Waals surface area contributed by atoms with Gasteiger partial charge in [0.1, 0.15) is 0 Å². The maximum atomic E-state index is 13.5. The van der Waals surface area contributed by atoms with Crippen molar-refractivity contribution >= 4 is 32.4 Å². The third-order valence-electron chi connectivity index (χ3n) is 3.78. The predicted molar refractivity (Wildman–Crippen MR) is 102 cm³/mol. The molecule has 0 aliphatic rings. The molecule has 0 saturated carbocycles. The molecule has 0 spiro atoms. The van der Waals surface area contributed by atoms with E-state index in [2.05, 4.69) is 10.3 Å². The summed E-state index contributed by atoms with van der Waals surface area (Å²) < 4.78 is 67.4. The van der Waals surface area contributed by atoms with Crippen LogP contribution in [-0.2, 0) is 22.7 Å². The summed E-state index contributed by atoms with van der Waals surface area (Å²) in [4.78, 5) is 14.9. The molecule has 152 valence electrons. The molecule has 0 aliphatic carbocycles. The molecule has 1 aromatic heterocycles. The van der Waals surface area contributed by atoms with Crippen LogP contribution in [0, 0.1) is 0 Å². The van der Waals surface area contributed by atoms with Gasteiger partial charge >= 0.3 is 6.18 Å². The average molecular weight is 441 g/mol. The highest BCUT2D eigenvalue weighted by atomic mass is 32.2. The van der Waals surface area contributed by atoms with E-state index in [9.17, 15) is 26.4 Å². The molecule has 0 radical (unpaired) electrons. The molecule has 0 unspecified atom stereocenters. The molecular weight excluding hydrogens is 427 g/mol. The molecule has 29 heavy (non-hydrogen) atoms. The highest BCUT2D eigenvalue weighted by Crippen LogP contribution is 2.35. The SMILES string of the molecule is O=C(NCc1ccc(S(=O)(=O)Nc2nccs2)c(C(F)(F)F)c1)c1ccccc1. The Morgan fingerprint density at radius 2 is 1.83 bits per heavy atom. The fraction of sp³-hybridized carbons (Fsp3) is 0.111. The van der Waals surface area contributed by atoms with E-state index in [1.54, 1.807) is 30.3 Å². The van der Waals surface area contributed by atoms with Crippen LogP contribution >= 0.6 is 11.3 Å². The summed E-state index contributed by atoms with van der Waals surface area (Å²) in [6.45, 7) is -0.197.